The fraction of sp³-hybridized carbons (Fsp3) is 0.615. The van der Waals surface area contributed by atoms with Crippen molar-refractivity contribution < 1.29 is 4.79 Å². The van der Waals surface area contributed by atoms with Gasteiger partial charge in [0.1, 0.15) is 5.82 Å². The smallest absolute Gasteiger partial charge is 0.254 e. The van der Waals surface area contributed by atoms with Gasteiger partial charge < -0.3 is 15.6 Å². The summed E-state index contributed by atoms with van der Waals surface area (Å²) < 4.78 is 0. The van der Waals surface area contributed by atoms with Gasteiger partial charge in [-0.05, 0) is 26.8 Å². The molecule has 0 radical (unpaired) electrons. The Bertz CT molecular complexity index is 488. The molecule has 0 aromatic carbocycles. The summed E-state index contributed by atoms with van der Waals surface area (Å²) in [7, 11) is 0. The molecular formula is C13H23ClN4O2. The van der Waals surface area contributed by atoms with E-state index < -0.39 is 0 Å². The van der Waals surface area contributed by atoms with Crippen molar-refractivity contribution in [3.63, 3.8) is 0 Å². The summed E-state index contributed by atoms with van der Waals surface area (Å²) in [6.45, 7) is 7.79. The number of aromatic amines is 1. The summed E-state index contributed by atoms with van der Waals surface area (Å²) in [6.07, 6.45) is 1.14. The Morgan fingerprint density at radius 1 is 1.25 bits per heavy atom. The molecule has 0 spiro atoms. The molecule has 0 aliphatic rings. The van der Waals surface area contributed by atoms with E-state index in [0.717, 1.165) is 19.5 Å². The average Bonchev–Trinajstić information content (AvgIpc) is 2.33. The van der Waals surface area contributed by atoms with Gasteiger partial charge in [0.05, 0.1) is 6.42 Å². The molecule has 1 rings (SSSR count). The molecule has 0 unspecified atom stereocenters. The van der Waals surface area contributed by atoms with E-state index in [2.05, 4.69) is 27.5 Å². The molecule has 3 N–H and O–H groups in total. The second-order valence-corrected chi connectivity index (χ2v) is 4.49. The van der Waals surface area contributed by atoms with Crippen molar-refractivity contribution in [2.45, 2.75) is 33.6 Å². The standard InChI is InChI=1S/C13H22N4O2.ClH/c1-4-5-14-6-7-15-12(18)8-11-9(2)16-10(3)17-13(11)19;/h14H,4-8H2,1-3H3,(H,15,18)(H,16,17,19);1H. The summed E-state index contributed by atoms with van der Waals surface area (Å²) in [6, 6.07) is 0. The second kappa shape index (κ2) is 9.50. The van der Waals surface area contributed by atoms with Gasteiger partial charge >= 0.3 is 0 Å². The monoisotopic (exact) mass is 302 g/mol. The molecule has 1 heterocycles. The number of H-pyrrole nitrogens is 1. The maximum absolute atomic E-state index is 11.7. The Balaban J connectivity index is 0.00000361. The molecule has 0 atom stereocenters. The van der Waals surface area contributed by atoms with Gasteiger partial charge in [0.15, 0.2) is 0 Å². The van der Waals surface area contributed by atoms with Crippen molar-refractivity contribution in [2.75, 3.05) is 19.6 Å². The highest BCUT2D eigenvalue weighted by Crippen LogP contribution is 1.99. The van der Waals surface area contributed by atoms with Gasteiger partial charge in [-0.15, -0.1) is 12.4 Å². The van der Waals surface area contributed by atoms with Crippen molar-refractivity contribution in [2.24, 2.45) is 0 Å². The predicted octanol–water partition coefficient (Wildman–Crippen LogP) is 0.467. The maximum Gasteiger partial charge on any atom is 0.254 e. The third-order valence-electron chi connectivity index (χ3n) is 2.73. The Labute approximate surface area is 125 Å². The Hall–Kier alpha value is -1.40. The first kappa shape index (κ1) is 18.6. The maximum atomic E-state index is 11.7. The molecule has 20 heavy (non-hydrogen) atoms. The molecule has 1 aromatic heterocycles. The number of nitrogens with zero attached hydrogens (tertiary/aromatic N) is 1. The lowest BCUT2D eigenvalue weighted by Crippen LogP contribution is -2.34. The highest BCUT2D eigenvalue weighted by Gasteiger charge is 2.11. The SMILES string of the molecule is CCCNCCNC(=O)Cc1c(C)nc(C)[nH]c1=O.Cl. The molecule has 0 saturated carbocycles. The van der Waals surface area contributed by atoms with Crippen molar-refractivity contribution in [1.29, 1.82) is 0 Å². The Kier molecular flexibility index (Phi) is 8.83. The van der Waals surface area contributed by atoms with E-state index in [4.69, 9.17) is 0 Å². The van der Waals surface area contributed by atoms with E-state index in [1.54, 1.807) is 13.8 Å². The fourth-order valence-corrected chi connectivity index (χ4v) is 1.77. The third kappa shape index (κ3) is 6.16. The van der Waals surface area contributed by atoms with Gasteiger partial charge in [0.25, 0.3) is 5.56 Å². The molecule has 0 aliphatic heterocycles. The number of hydrogen-bond donors (Lipinski definition) is 3. The largest absolute Gasteiger partial charge is 0.355 e. The lowest BCUT2D eigenvalue weighted by molar-refractivity contribution is -0.120. The van der Waals surface area contributed by atoms with E-state index in [1.165, 1.54) is 0 Å². The van der Waals surface area contributed by atoms with Crippen LogP contribution in [0.1, 0.15) is 30.4 Å². The van der Waals surface area contributed by atoms with Crippen LogP contribution < -0.4 is 16.2 Å². The Morgan fingerprint density at radius 3 is 2.55 bits per heavy atom. The number of aryl methyl sites for hydroxylation is 2. The molecule has 0 saturated heterocycles. The minimum atomic E-state index is -0.232. The van der Waals surface area contributed by atoms with Gasteiger partial charge in [-0.3, -0.25) is 9.59 Å². The zero-order valence-electron chi connectivity index (χ0n) is 12.2. The van der Waals surface area contributed by atoms with Crippen LogP contribution >= 0.6 is 12.4 Å². The first-order valence-electron chi connectivity index (χ1n) is 6.58. The first-order valence-corrected chi connectivity index (χ1v) is 6.58. The van der Waals surface area contributed by atoms with Gasteiger partial charge in [0.2, 0.25) is 5.91 Å². The fourth-order valence-electron chi connectivity index (χ4n) is 1.77. The molecule has 6 nitrogen and oxygen atoms in total. The summed E-state index contributed by atoms with van der Waals surface area (Å²) >= 11 is 0. The van der Waals surface area contributed by atoms with E-state index >= 15 is 0 Å². The number of carbonyl (C=O) groups excluding carboxylic acids is 1. The van der Waals surface area contributed by atoms with E-state index in [1.807, 2.05) is 0 Å². The lowest BCUT2D eigenvalue weighted by Gasteiger charge is -2.07. The van der Waals surface area contributed by atoms with E-state index in [-0.39, 0.29) is 30.3 Å². The molecule has 0 bridgehead atoms. The molecule has 1 aromatic rings. The van der Waals surface area contributed by atoms with Gasteiger partial charge in [0, 0.05) is 24.3 Å². The van der Waals surface area contributed by atoms with Crippen LogP contribution in [-0.2, 0) is 11.2 Å². The summed E-state index contributed by atoms with van der Waals surface area (Å²) in [4.78, 5) is 30.2. The van der Waals surface area contributed by atoms with Crippen molar-refractivity contribution in [3.8, 4) is 0 Å². The van der Waals surface area contributed by atoms with Crippen LogP contribution in [0.4, 0.5) is 0 Å². The number of amides is 1. The second-order valence-electron chi connectivity index (χ2n) is 4.49. The molecule has 0 aliphatic carbocycles. The van der Waals surface area contributed by atoms with Crippen LogP contribution in [0.25, 0.3) is 0 Å². The molecule has 1 amide bonds. The van der Waals surface area contributed by atoms with E-state index in [0.29, 0.717) is 23.6 Å². The average molecular weight is 303 g/mol. The molecular weight excluding hydrogens is 280 g/mol. The number of hydrogen-bond acceptors (Lipinski definition) is 4. The van der Waals surface area contributed by atoms with Crippen LogP contribution in [-0.4, -0.2) is 35.5 Å². The normalized spacial score (nSPS) is 9.95. The summed E-state index contributed by atoms with van der Waals surface area (Å²) in [5.41, 5.74) is 0.814. The van der Waals surface area contributed by atoms with E-state index in [9.17, 15) is 9.59 Å². The number of rotatable bonds is 7. The minimum absolute atomic E-state index is 0. The third-order valence-corrected chi connectivity index (χ3v) is 2.73. The van der Waals surface area contributed by atoms with Crippen molar-refractivity contribution >= 4 is 18.3 Å². The summed E-state index contributed by atoms with van der Waals surface area (Å²) in [5.74, 6) is 0.410. The van der Waals surface area contributed by atoms with Crippen LogP contribution in [0, 0.1) is 13.8 Å². The number of carbonyl (C=O) groups is 1. The molecule has 0 fully saturated rings. The van der Waals surface area contributed by atoms with Gasteiger partial charge in [-0.2, -0.15) is 0 Å². The number of nitrogens with one attached hydrogen (secondary N) is 3. The van der Waals surface area contributed by atoms with Gasteiger partial charge in [-0.25, -0.2) is 4.98 Å². The first-order chi connectivity index (χ1) is 9.04. The lowest BCUT2D eigenvalue weighted by atomic mass is 10.1. The Morgan fingerprint density at radius 2 is 1.95 bits per heavy atom. The quantitative estimate of drug-likeness (QED) is 0.639. The zero-order valence-corrected chi connectivity index (χ0v) is 13.0. The van der Waals surface area contributed by atoms with Gasteiger partial charge in [-0.1, -0.05) is 6.92 Å². The van der Waals surface area contributed by atoms with Crippen LogP contribution in [0.5, 0.6) is 0 Å². The number of halogens is 1. The number of aromatic nitrogens is 2. The predicted molar refractivity (Wildman–Crippen MR) is 81.5 cm³/mol. The van der Waals surface area contributed by atoms with Crippen LogP contribution in [0.15, 0.2) is 4.79 Å². The summed E-state index contributed by atoms with van der Waals surface area (Å²) in [5, 5.41) is 5.97. The van der Waals surface area contributed by atoms with Crippen LogP contribution in [0.2, 0.25) is 0 Å². The van der Waals surface area contributed by atoms with Crippen LogP contribution in [0.3, 0.4) is 0 Å². The molecule has 7 heteroatoms. The zero-order chi connectivity index (χ0) is 14.3. The molecule has 114 valence electrons. The highest BCUT2D eigenvalue weighted by atomic mass is 35.5. The minimum Gasteiger partial charge on any atom is -0.355 e. The van der Waals surface area contributed by atoms with Crippen molar-refractivity contribution in [1.82, 2.24) is 20.6 Å². The topological polar surface area (TPSA) is 86.9 Å². The van der Waals surface area contributed by atoms with Crippen molar-refractivity contribution in [3.05, 3.63) is 27.4 Å². The highest BCUT2D eigenvalue weighted by molar-refractivity contribution is 5.85.